The van der Waals surface area contributed by atoms with Crippen LogP contribution in [-0.2, 0) is 14.8 Å². The van der Waals surface area contributed by atoms with Crippen LogP contribution in [-0.4, -0.2) is 44.7 Å². The maximum Gasteiger partial charge on any atom is 0.223 e. The summed E-state index contributed by atoms with van der Waals surface area (Å²) in [4.78, 5) is 0. The van der Waals surface area contributed by atoms with Crippen LogP contribution >= 0.6 is 15.9 Å². The van der Waals surface area contributed by atoms with Gasteiger partial charge in [0.2, 0.25) is 10.0 Å². The lowest BCUT2D eigenvalue weighted by Gasteiger charge is -2.13. The number of ether oxygens (including phenoxy) is 1. The van der Waals surface area contributed by atoms with Gasteiger partial charge < -0.3 is 4.74 Å². The molecule has 6 heteroatoms. The molecule has 0 radical (unpaired) electrons. The number of methoxy groups -OCH3 is 1. The number of halogens is 1. The molecule has 0 aliphatic rings. The van der Waals surface area contributed by atoms with Crippen molar-refractivity contribution in [2.24, 2.45) is 0 Å². The van der Waals surface area contributed by atoms with E-state index in [9.17, 15) is 8.42 Å². The fraction of sp³-hybridized carbons (Fsp3) is 1.00. The van der Waals surface area contributed by atoms with Gasteiger partial charge in [0.05, 0.1) is 6.61 Å². The molecule has 0 bridgehead atoms. The smallest absolute Gasteiger partial charge is 0.223 e. The summed E-state index contributed by atoms with van der Waals surface area (Å²) in [6, 6.07) is 0. The van der Waals surface area contributed by atoms with Crippen LogP contribution in [0.5, 0.6) is 0 Å². The molecule has 0 aliphatic carbocycles. The van der Waals surface area contributed by atoms with E-state index in [2.05, 4.69) is 15.9 Å². The normalized spacial score (nSPS) is 12.4. The van der Waals surface area contributed by atoms with Crippen molar-refractivity contribution in [2.45, 2.75) is 0 Å². The molecule has 0 aromatic heterocycles. The van der Waals surface area contributed by atoms with Gasteiger partial charge in [0.15, 0.2) is 0 Å². The first-order valence-corrected chi connectivity index (χ1v) is 5.76. The zero-order chi connectivity index (χ0) is 8.91. The summed E-state index contributed by atoms with van der Waals surface area (Å²) in [6.07, 6.45) is 0. The number of nitrogens with zero attached hydrogens (tertiary/aromatic N) is 1. The quantitative estimate of drug-likeness (QED) is 0.653. The summed E-state index contributed by atoms with van der Waals surface area (Å²) in [7, 11) is -0.0407. The Hall–Kier alpha value is 0.350. The molecule has 11 heavy (non-hydrogen) atoms. The maximum atomic E-state index is 11.0. The largest absolute Gasteiger partial charge is 0.383 e. The zero-order valence-corrected chi connectivity index (χ0v) is 8.98. The Labute approximate surface area is 75.7 Å². The van der Waals surface area contributed by atoms with Gasteiger partial charge in [0, 0.05) is 20.7 Å². The van der Waals surface area contributed by atoms with Gasteiger partial charge in [-0.15, -0.1) is 0 Å². The minimum Gasteiger partial charge on any atom is -0.383 e. The number of rotatable bonds is 5. The number of hydrogen-bond donors (Lipinski definition) is 0. The Morgan fingerprint density at radius 3 is 2.45 bits per heavy atom. The summed E-state index contributed by atoms with van der Waals surface area (Å²) in [5.74, 6) is 0. The van der Waals surface area contributed by atoms with Crippen LogP contribution in [0.4, 0.5) is 0 Å². The lowest BCUT2D eigenvalue weighted by atomic mass is 10.7. The zero-order valence-electron chi connectivity index (χ0n) is 6.58. The van der Waals surface area contributed by atoms with Crippen LogP contribution in [0.25, 0.3) is 0 Å². The molecule has 0 rings (SSSR count). The van der Waals surface area contributed by atoms with Crippen LogP contribution in [0, 0.1) is 0 Å². The predicted octanol–water partition coefficient (Wildman–Crippen LogP) is 0.247. The number of alkyl halides is 1. The Morgan fingerprint density at radius 1 is 1.55 bits per heavy atom. The highest BCUT2D eigenvalue weighted by Gasteiger charge is 2.14. The molecule has 0 saturated carbocycles. The van der Waals surface area contributed by atoms with Crippen molar-refractivity contribution in [3.05, 3.63) is 0 Å². The van der Waals surface area contributed by atoms with Gasteiger partial charge >= 0.3 is 0 Å². The molecule has 68 valence electrons. The van der Waals surface area contributed by atoms with E-state index in [1.807, 2.05) is 0 Å². The Balaban J connectivity index is 3.93. The highest BCUT2D eigenvalue weighted by molar-refractivity contribution is 9.10. The molecule has 0 amide bonds. The number of likely N-dealkylation sites (N-methyl/N-ethyl adjacent to an activating group) is 1. The summed E-state index contributed by atoms with van der Waals surface area (Å²) in [6.45, 7) is 0.813. The first kappa shape index (κ1) is 11.4. The van der Waals surface area contributed by atoms with E-state index < -0.39 is 10.0 Å². The number of sulfonamides is 1. The van der Waals surface area contributed by atoms with Crippen molar-refractivity contribution in [3.63, 3.8) is 0 Å². The Kier molecular flexibility index (Phi) is 5.24. The van der Waals surface area contributed by atoms with Gasteiger partial charge in [-0.1, -0.05) is 15.9 Å². The fourth-order valence-electron chi connectivity index (χ4n) is 0.442. The van der Waals surface area contributed by atoms with Crippen LogP contribution in [0.1, 0.15) is 0 Å². The molecule has 0 aliphatic heterocycles. The van der Waals surface area contributed by atoms with Crippen molar-refractivity contribution in [1.29, 1.82) is 0 Å². The Bertz CT molecular complexity index is 192. The van der Waals surface area contributed by atoms with Crippen molar-refractivity contribution in [3.8, 4) is 0 Å². The molecular weight excluding hydrogens is 234 g/mol. The summed E-state index contributed by atoms with van der Waals surface area (Å²) in [5.41, 5.74) is 0. The molecule has 0 aromatic carbocycles. The third-order valence-electron chi connectivity index (χ3n) is 1.22. The third-order valence-corrected chi connectivity index (χ3v) is 4.37. The lowest BCUT2D eigenvalue weighted by molar-refractivity contribution is 0.185. The number of hydrogen-bond acceptors (Lipinski definition) is 3. The average Bonchev–Trinajstić information content (AvgIpc) is 2.00. The maximum absolute atomic E-state index is 11.0. The molecule has 0 unspecified atom stereocenters. The molecule has 0 atom stereocenters. The second-order valence-electron chi connectivity index (χ2n) is 2.04. The fourth-order valence-corrected chi connectivity index (χ4v) is 2.01. The topological polar surface area (TPSA) is 46.6 Å². The molecule has 0 spiro atoms. The molecule has 4 nitrogen and oxygen atoms in total. The lowest BCUT2D eigenvalue weighted by Crippen LogP contribution is -2.30. The van der Waals surface area contributed by atoms with Gasteiger partial charge in [-0.3, -0.25) is 0 Å². The van der Waals surface area contributed by atoms with Gasteiger partial charge in [-0.25, -0.2) is 12.7 Å². The van der Waals surface area contributed by atoms with Crippen LogP contribution in [0.15, 0.2) is 0 Å². The van der Waals surface area contributed by atoms with E-state index >= 15 is 0 Å². The summed E-state index contributed by atoms with van der Waals surface area (Å²) >= 11 is 2.89. The van der Waals surface area contributed by atoms with Gasteiger partial charge in [-0.2, -0.15) is 0 Å². The van der Waals surface area contributed by atoms with Crippen LogP contribution in [0.2, 0.25) is 0 Å². The molecule has 0 N–H and O–H groups in total. The third kappa shape index (κ3) is 4.05. The minimum absolute atomic E-state index is 0.0415. The predicted molar refractivity (Wildman–Crippen MR) is 47.2 cm³/mol. The van der Waals surface area contributed by atoms with Crippen LogP contribution in [0.3, 0.4) is 0 Å². The van der Waals surface area contributed by atoms with Gasteiger partial charge in [0.25, 0.3) is 0 Å². The van der Waals surface area contributed by atoms with Gasteiger partial charge in [0.1, 0.15) is 4.66 Å². The average molecular weight is 246 g/mol. The standard InChI is InChI=1S/C5H12BrNO3S/c1-7(3-4-10-2)11(8,9)5-6/h3-5H2,1-2H3. The molecule has 0 fully saturated rings. The molecule has 0 saturated heterocycles. The highest BCUT2D eigenvalue weighted by Crippen LogP contribution is 2.00. The summed E-state index contributed by atoms with van der Waals surface area (Å²) in [5, 5.41) is 0. The van der Waals surface area contributed by atoms with E-state index in [4.69, 9.17) is 4.74 Å². The van der Waals surface area contributed by atoms with E-state index in [1.165, 1.54) is 18.5 Å². The first-order valence-electron chi connectivity index (χ1n) is 3.03. The van der Waals surface area contributed by atoms with Crippen molar-refractivity contribution < 1.29 is 13.2 Å². The van der Waals surface area contributed by atoms with E-state index in [0.717, 1.165) is 0 Å². The second-order valence-corrected chi connectivity index (χ2v) is 5.41. The van der Waals surface area contributed by atoms with Crippen molar-refractivity contribution >= 4 is 26.0 Å². The monoisotopic (exact) mass is 245 g/mol. The molecule has 0 heterocycles. The minimum atomic E-state index is -3.10. The van der Waals surface area contributed by atoms with Crippen LogP contribution < -0.4 is 0 Å². The van der Waals surface area contributed by atoms with Gasteiger partial charge in [-0.05, 0) is 0 Å². The van der Waals surface area contributed by atoms with Crippen molar-refractivity contribution in [1.82, 2.24) is 4.31 Å². The SMILES string of the molecule is COCCN(C)S(=O)(=O)CBr. The van der Waals surface area contributed by atoms with Crippen molar-refractivity contribution in [2.75, 3.05) is 32.0 Å². The van der Waals surface area contributed by atoms with E-state index in [0.29, 0.717) is 13.2 Å². The van der Waals surface area contributed by atoms with E-state index in [-0.39, 0.29) is 4.66 Å². The highest BCUT2D eigenvalue weighted by atomic mass is 79.9. The Morgan fingerprint density at radius 2 is 2.09 bits per heavy atom. The molecule has 0 aromatic rings. The summed E-state index contributed by atoms with van der Waals surface area (Å²) < 4.78 is 28.0. The van der Waals surface area contributed by atoms with E-state index in [1.54, 1.807) is 0 Å². The first-order chi connectivity index (χ1) is 5.04. The molecular formula is C5H12BrNO3S. The second kappa shape index (κ2) is 5.08.